The van der Waals surface area contributed by atoms with Gasteiger partial charge >= 0.3 is 0 Å². The highest BCUT2D eigenvalue weighted by Gasteiger charge is 2.40. The van der Waals surface area contributed by atoms with Gasteiger partial charge in [-0.15, -0.1) is 0 Å². The zero-order valence-electron chi connectivity index (χ0n) is 6.72. The van der Waals surface area contributed by atoms with Crippen molar-refractivity contribution in [1.29, 1.82) is 0 Å². The van der Waals surface area contributed by atoms with Crippen LogP contribution in [0.2, 0.25) is 0 Å². The lowest BCUT2D eigenvalue weighted by Crippen LogP contribution is -2.30. The Morgan fingerprint density at radius 3 is 2.40 bits per heavy atom. The van der Waals surface area contributed by atoms with E-state index >= 15 is 0 Å². The molecule has 2 aliphatic carbocycles. The lowest BCUT2D eigenvalue weighted by molar-refractivity contribution is 0.293. The van der Waals surface area contributed by atoms with Crippen molar-refractivity contribution in [2.24, 2.45) is 23.5 Å². The Hall–Kier alpha value is -0.0400. The Kier molecular flexibility index (Phi) is 1.48. The number of fused-ring (bicyclic) bond motifs is 2. The van der Waals surface area contributed by atoms with Gasteiger partial charge in [0.05, 0.1) is 0 Å². The van der Waals surface area contributed by atoms with Crippen molar-refractivity contribution in [1.82, 2.24) is 0 Å². The van der Waals surface area contributed by atoms with Gasteiger partial charge in [0.2, 0.25) is 0 Å². The molecule has 0 saturated heterocycles. The standard InChI is InChI=1S/C9H17N/c1-6(10)9-5-7-2-3-8(9)4-7/h6-9H,2-5,10H2,1H3/t6-,7-,8+,9+/m1/s1. The highest BCUT2D eigenvalue weighted by atomic mass is 14.7. The number of hydrogen-bond acceptors (Lipinski definition) is 1. The molecular formula is C9H17N. The molecule has 2 rings (SSSR count). The average Bonchev–Trinajstić information content (AvgIpc) is 2.44. The molecule has 0 unspecified atom stereocenters. The predicted octanol–water partition coefficient (Wildman–Crippen LogP) is 1.77. The monoisotopic (exact) mass is 139 g/mol. The fraction of sp³-hybridized carbons (Fsp3) is 1.00. The van der Waals surface area contributed by atoms with Gasteiger partial charge in [-0.25, -0.2) is 0 Å². The zero-order chi connectivity index (χ0) is 7.14. The minimum Gasteiger partial charge on any atom is -0.328 e. The van der Waals surface area contributed by atoms with Crippen LogP contribution in [0.3, 0.4) is 0 Å². The molecule has 0 aliphatic heterocycles. The summed E-state index contributed by atoms with van der Waals surface area (Å²) < 4.78 is 0. The van der Waals surface area contributed by atoms with Crippen molar-refractivity contribution in [3.8, 4) is 0 Å². The summed E-state index contributed by atoms with van der Waals surface area (Å²) in [4.78, 5) is 0. The molecule has 2 saturated carbocycles. The van der Waals surface area contributed by atoms with Crippen molar-refractivity contribution in [3.05, 3.63) is 0 Å². The van der Waals surface area contributed by atoms with Crippen molar-refractivity contribution in [2.75, 3.05) is 0 Å². The van der Waals surface area contributed by atoms with E-state index in [1.807, 2.05) is 0 Å². The predicted molar refractivity (Wildman–Crippen MR) is 42.6 cm³/mol. The molecule has 0 spiro atoms. The zero-order valence-corrected chi connectivity index (χ0v) is 6.72. The molecule has 0 aromatic carbocycles. The summed E-state index contributed by atoms with van der Waals surface area (Å²) in [6.45, 7) is 2.17. The first-order chi connectivity index (χ1) is 4.77. The number of nitrogens with two attached hydrogens (primary N) is 1. The van der Waals surface area contributed by atoms with Crippen LogP contribution in [0.1, 0.15) is 32.6 Å². The molecule has 58 valence electrons. The third-order valence-electron chi connectivity index (χ3n) is 3.47. The van der Waals surface area contributed by atoms with Gasteiger partial charge in [0, 0.05) is 6.04 Å². The van der Waals surface area contributed by atoms with Gasteiger partial charge in [-0.2, -0.15) is 0 Å². The van der Waals surface area contributed by atoms with Gasteiger partial charge < -0.3 is 5.73 Å². The van der Waals surface area contributed by atoms with Crippen LogP contribution in [0.15, 0.2) is 0 Å². The van der Waals surface area contributed by atoms with Crippen LogP contribution >= 0.6 is 0 Å². The van der Waals surface area contributed by atoms with E-state index in [-0.39, 0.29) is 0 Å². The van der Waals surface area contributed by atoms with Crippen LogP contribution in [0.5, 0.6) is 0 Å². The van der Waals surface area contributed by atoms with Gasteiger partial charge in [0.15, 0.2) is 0 Å². The molecule has 2 fully saturated rings. The molecular weight excluding hydrogens is 122 g/mol. The summed E-state index contributed by atoms with van der Waals surface area (Å²) in [5, 5.41) is 0. The van der Waals surface area contributed by atoms with E-state index in [2.05, 4.69) is 6.92 Å². The van der Waals surface area contributed by atoms with Gasteiger partial charge in [0.25, 0.3) is 0 Å². The molecule has 0 aromatic heterocycles. The second-order valence-corrected chi connectivity index (χ2v) is 4.20. The first kappa shape index (κ1) is 6.66. The summed E-state index contributed by atoms with van der Waals surface area (Å²) in [6.07, 6.45) is 5.89. The Labute approximate surface area is 63.0 Å². The maximum Gasteiger partial charge on any atom is 0.00415 e. The first-order valence-electron chi connectivity index (χ1n) is 4.53. The smallest absolute Gasteiger partial charge is 0.00415 e. The third kappa shape index (κ3) is 0.878. The molecule has 0 aromatic rings. The molecule has 0 heterocycles. The fourth-order valence-electron chi connectivity index (χ4n) is 2.94. The van der Waals surface area contributed by atoms with Crippen LogP contribution in [0.4, 0.5) is 0 Å². The lowest BCUT2D eigenvalue weighted by Gasteiger charge is -2.24. The Bertz CT molecular complexity index is 131. The van der Waals surface area contributed by atoms with Gasteiger partial charge in [-0.05, 0) is 43.9 Å². The summed E-state index contributed by atoms with van der Waals surface area (Å²) in [6, 6.07) is 0.454. The maximum absolute atomic E-state index is 5.88. The topological polar surface area (TPSA) is 26.0 Å². The molecule has 2 N–H and O–H groups in total. The number of rotatable bonds is 1. The molecule has 1 heteroatoms. The largest absolute Gasteiger partial charge is 0.328 e. The summed E-state index contributed by atoms with van der Waals surface area (Å²) >= 11 is 0. The first-order valence-corrected chi connectivity index (χ1v) is 4.53. The third-order valence-corrected chi connectivity index (χ3v) is 3.47. The van der Waals surface area contributed by atoms with E-state index in [4.69, 9.17) is 5.73 Å². The Morgan fingerprint density at radius 1 is 1.30 bits per heavy atom. The lowest BCUT2D eigenvalue weighted by atomic mass is 9.84. The molecule has 1 nitrogen and oxygen atoms in total. The van der Waals surface area contributed by atoms with Gasteiger partial charge in [-0.3, -0.25) is 0 Å². The second-order valence-electron chi connectivity index (χ2n) is 4.20. The molecule has 10 heavy (non-hydrogen) atoms. The highest BCUT2D eigenvalue weighted by molar-refractivity contribution is 4.92. The summed E-state index contributed by atoms with van der Waals surface area (Å²) in [5.74, 6) is 2.93. The van der Waals surface area contributed by atoms with E-state index in [0.29, 0.717) is 6.04 Å². The average molecular weight is 139 g/mol. The fourth-order valence-corrected chi connectivity index (χ4v) is 2.94. The second kappa shape index (κ2) is 2.23. The molecule has 0 radical (unpaired) electrons. The molecule has 0 amide bonds. The van der Waals surface area contributed by atoms with E-state index in [9.17, 15) is 0 Å². The number of hydrogen-bond donors (Lipinski definition) is 1. The Balaban J connectivity index is 2.02. The van der Waals surface area contributed by atoms with E-state index in [1.165, 1.54) is 25.7 Å². The van der Waals surface area contributed by atoms with Gasteiger partial charge in [0.1, 0.15) is 0 Å². The minimum absolute atomic E-state index is 0.454. The molecule has 2 aliphatic rings. The van der Waals surface area contributed by atoms with Crippen LogP contribution in [-0.2, 0) is 0 Å². The van der Waals surface area contributed by atoms with Crippen molar-refractivity contribution >= 4 is 0 Å². The Morgan fingerprint density at radius 2 is 2.10 bits per heavy atom. The molecule has 4 atom stereocenters. The van der Waals surface area contributed by atoms with Crippen LogP contribution in [0, 0.1) is 17.8 Å². The van der Waals surface area contributed by atoms with Crippen molar-refractivity contribution < 1.29 is 0 Å². The van der Waals surface area contributed by atoms with E-state index < -0.39 is 0 Å². The van der Waals surface area contributed by atoms with E-state index in [1.54, 1.807) is 0 Å². The maximum atomic E-state index is 5.88. The van der Waals surface area contributed by atoms with Crippen LogP contribution in [-0.4, -0.2) is 6.04 Å². The van der Waals surface area contributed by atoms with Crippen LogP contribution < -0.4 is 5.73 Å². The quantitative estimate of drug-likeness (QED) is 0.588. The van der Waals surface area contributed by atoms with Crippen molar-refractivity contribution in [2.45, 2.75) is 38.6 Å². The highest BCUT2D eigenvalue weighted by Crippen LogP contribution is 2.49. The molecule has 2 bridgehead atoms. The van der Waals surface area contributed by atoms with E-state index in [0.717, 1.165) is 17.8 Å². The summed E-state index contributed by atoms with van der Waals surface area (Å²) in [5.41, 5.74) is 5.88. The normalized spacial score (nSPS) is 48.0. The summed E-state index contributed by atoms with van der Waals surface area (Å²) in [7, 11) is 0. The van der Waals surface area contributed by atoms with Crippen LogP contribution in [0.25, 0.3) is 0 Å². The van der Waals surface area contributed by atoms with Gasteiger partial charge in [-0.1, -0.05) is 6.42 Å². The minimum atomic E-state index is 0.454. The van der Waals surface area contributed by atoms with Crippen molar-refractivity contribution in [3.63, 3.8) is 0 Å². The SMILES string of the molecule is C[C@@H](N)[C@@H]1C[C@@H]2CC[C@H]1C2.